The van der Waals surface area contributed by atoms with Gasteiger partial charge in [-0.2, -0.15) is 13.6 Å². The topological polar surface area (TPSA) is 91.2 Å². The molecule has 1 heterocycles. The van der Waals surface area contributed by atoms with Gasteiger partial charge in [0.05, 0.1) is 7.11 Å². The Bertz CT molecular complexity index is 992. The Labute approximate surface area is 171 Å². The molecule has 0 atom stereocenters. The summed E-state index contributed by atoms with van der Waals surface area (Å²) >= 11 is 0. The number of benzene rings is 2. The van der Waals surface area contributed by atoms with E-state index in [1.54, 1.807) is 12.1 Å². The number of hydrogen-bond acceptors (Lipinski definition) is 6. The number of ether oxygens (including phenoxy) is 2. The second-order valence-corrected chi connectivity index (χ2v) is 6.47. The summed E-state index contributed by atoms with van der Waals surface area (Å²) in [5, 5.41) is 14.8. The number of methoxy groups -OCH3 is 1. The van der Waals surface area contributed by atoms with Crippen LogP contribution < -0.4 is 14.8 Å². The molecule has 3 aromatic rings. The monoisotopic (exact) mass is 417 g/mol. The largest absolute Gasteiger partial charge is 0.493 e. The average molecular weight is 417 g/mol. The van der Waals surface area contributed by atoms with Crippen molar-refractivity contribution in [3.63, 3.8) is 0 Å². The summed E-state index contributed by atoms with van der Waals surface area (Å²) < 4.78 is 34.2. The van der Waals surface area contributed by atoms with Crippen molar-refractivity contribution in [3.8, 4) is 22.9 Å². The second-order valence-electron chi connectivity index (χ2n) is 6.47. The fourth-order valence-corrected chi connectivity index (χ4v) is 2.72. The molecule has 0 fully saturated rings. The molecule has 10 heteroatoms. The van der Waals surface area contributed by atoms with Crippen LogP contribution >= 0.6 is 0 Å². The number of rotatable bonds is 9. The van der Waals surface area contributed by atoms with Crippen LogP contribution in [0.2, 0.25) is 0 Å². The highest BCUT2D eigenvalue weighted by atomic mass is 19.3. The van der Waals surface area contributed by atoms with Crippen LogP contribution in [0, 0.1) is 6.92 Å². The molecule has 0 saturated heterocycles. The first-order valence-electron chi connectivity index (χ1n) is 9.18. The lowest BCUT2D eigenvalue weighted by Gasteiger charge is -2.11. The van der Waals surface area contributed by atoms with Gasteiger partial charge in [-0.15, -0.1) is 10.2 Å². The minimum atomic E-state index is -2.93. The highest BCUT2D eigenvalue weighted by molar-refractivity contribution is 5.75. The lowest BCUT2D eigenvalue weighted by Crippen LogP contribution is -2.30. The number of nitrogens with zero attached hydrogens (tertiary/aromatic N) is 4. The van der Waals surface area contributed by atoms with Gasteiger partial charge in [0.25, 0.3) is 0 Å². The van der Waals surface area contributed by atoms with E-state index in [4.69, 9.17) is 4.74 Å². The van der Waals surface area contributed by atoms with E-state index in [0.717, 1.165) is 16.7 Å². The first-order valence-corrected chi connectivity index (χ1v) is 9.18. The number of hydrogen-bond donors (Lipinski definition) is 1. The molecular weight excluding hydrogens is 396 g/mol. The second kappa shape index (κ2) is 9.77. The van der Waals surface area contributed by atoms with Crippen molar-refractivity contribution in [1.82, 2.24) is 25.5 Å². The maximum atomic E-state index is 12.4. The fourth-order valence-electron chi connectivity index (χ4n) is 2.72. The highest BCUT2D eigenvalue weighted by Gasteiger charge is 2.12. The number of aryl methyl sites for hydroxylation is 1. The maximum absolute atomic E-state index is 12.4. The summed E-state index contributed by atoms with van der Waals surface area (Å²) in [6, 6.07) is 12.3. The van der Waals surface area contributed by atoms with Gasteiger partial charge in [-0.05, 0) is 36.3 Å². The van der Waals surface area contributed by atoms with Gasteiger partial charge in [0.15, 0.2) is 11.5 Å². The fraction of sp³-hybridized carbons (Fsp3) is 0.300. The molecular formula is C20H21F2N5O3. The molecule has 0 saturated carbocycles. The maximum Gasteiger partial charge on any atom is 0.387 e. The molecule has 0 aliphatic heterocycles. The minimum absolute atomic E-state index is 0.0399. The Morgan fingerprint density at radius 2 is 1.93 bits per heavy atom. The summed E-state index contributed by atoms with van der Waals surface area (Å²) in [6.07, 6.45) is 0.483. The van der Waals surface area contributed by atoms with E-state index in [0.29, 0.717) is 18.8 Å². The zero-order valence-corrected chi connectivity index (χ0v) is 16.5. The van der Waals surface area contributed by atoms with E-state index < -0.39 is 6.61 Å². The molecule has 0 aliphatic carbocycles. The first kappa shape index (κ1) is 21.2. The van der Waals surface area contributed by atoms with Crippen molar-refractivity contribution in [1.29, 1.82) is 0 Å². The third-order valence-electron chi connectivity index (χ3n) is 4.23. The molecule has 0 radical (unpaired) electrons. The Kier molecular flexibility index (Phi) is 6.89. The standard InChI is InChI=1S/C20H21F2N5O3/c1-13-3-6-15(7-4-13)19-24-26-27(25-19)12-18(28)23-10-9-14-5-8-16(30-20(21)22)17(11-14)29-2/h3-8,11,20H,9-10,12H2,1-2H3,(H,23,28). The summed E-state index contributed by atoms with van der Waals surface area (Å²) in [7, 11) is 1.37. The molecule has 1 aromatic heterocycles. The predicted molar refractivity (Wildman–Crippen MR) is 104 cm³/mol. The normalized spacial score (nSPS) is 10.8. The molecule has 1 amide bonds. The number of halogens is 2. The van der Waals surface area contributed by atoms with Crippen molar-refractivity contribution >= 4 is 5.91 Å². The van der Waals surface area contributed by atoms with Crippen LogP contribution in [0.3, 0.4) is 0 Å². The molecule has 3 rings (SSSR count). The first-order chi connectivity index (χ1) is 14.4. The zero-order chi connectivity index (χ0) is 21.5. The van der Waals surface area contributed by atoms with Crippen molar-refractivity contribution in [2.75, 3.05) is 13.7 Å². The van der Waals surface area contributed by atoms with Gasteiger partial charge in [0.1, 0.15) is 6.54 Å². The van der Waals surface area contributed by atoms with E-state index in [1.165, 1.54) is 18.0 Å². The van der Waals surface area contributed by atoms with Gasteiger partial charge in [0.2, 0.25) is 11.7 Å². The van der Waals surface area contributed by atoms with Crippen LogP contribution in [0.4, 0.5) is 8.78 Å². The van der Waals surface area contributed by atoms with E-state index in [9.17, 15) is 13.6 Å². The third-order valence-corrected chi connectivity index (χ3v) is 4.23. The van der Waals surface area contributed by atoms with Gasteiger partial charge in [-0.1, -0.05) is 35.9 Å². The Morgan fingerprint density at radius 1 is 1.17 bits per heavy atom. The van der Waals surface area contributed by atoms with Crippen LogP contribution in [0.25, 0.3) is 11.4 Å². The molecule has 1 N–H and O–H groups in total. The van der Waals surface area contributed by atoms with Crippen LogP contribution in [0.5, 0.6) is 11.5 Å². The van der Waals surface area contributed by atoms with Gasteiger partial charge in [-0.25, -0.2) is 0 Å². The van der Waals surface area contributed by atoms with Crippen molar-refractivity contribution < 1.29 is 23.0 Å². The number of amides is 1. The van der Waals surface area contributed by atoms with E-state index >= 15 is 0 Å². The number of carbonyl (C=O) groups is 1. The summed E-state index contributed by atoms with van der Waals surface area (Å²) in [5.74, 6) is 0.338. The summed E-state index contributed by atoms with van der Waals surface area (Å²) in [6.45, 7) is -0.666. The van der Waals surface area contributed by atoms with Crippen molar-refractivity contribution in [2.45, 2.75) is 26.5 Å². The molecule has 0 bridgehead atoms. The SMILES string of the molecule is COc1cc(CCNC(=O)Cn2nnc(-c3ccc(C)cc3)n2)ccc1OC(F)F. The van der Waals surface area contributed by atoms with E-state index in [2.05, 4.69) is 25.5 Å². The summed E-state index contributed by atoms with van der Waals surface area (Å²) in [4.78, 5) is 13.4. The molecule has 158 valence electrons. The molecule has 30 heavy (non-hydrogen) atoms. The number of aromatic nitrogens is 4. The molecule has 0 aliphatic rings. The quantitative estimate of drug-likeness (QED) is 0.576. The molecule has 2 aromatic carbocycles. The predicted octanol–water partition coefficient (Wildman–Crippen LogP) is 2.62. The van der Waals surface area contributed by atoms with Crippen LogP contribution in [-0.2, 0) is 17.8 Å². The third kappa shape index (κ3) is 5.72. The number of tetrazole rings is 1. The number of carbonyl (C=O) groups excluding carboxylic acids is 1. The lowest BCUT2D eigenvalue weighted by atomic mass is 10.1. The number of nitrogens with one attached hydrogen (secondary N) is 1. The average Bonchev–Trinajstić information content (AvgIpc) is 3.17. The number of alkyl halides is 2. The smallest absolute Gasteiger partial charge is 0.387 e. The Balaban J connectivity index is 1.50. The van der Waals surface area contributed by atoms with E-state index in [-0.39, 0.29) is 24.0 Å². The van der Waals surface area contributed by atoms with E-state index in [1.807, 2.05) is 31.2 Å². The Morgan fingerprint density at radius 3 is 2.63 bits per heavy atom. The van der Waals surface area contributed by atoms with Crippen LogP contribution in [0.1, 0.15) is 11.1 Å². The van der Waals surface area contributed by atoms with Crippen LogP contribution in [0.15, 0.2) is 42.5 Å². The van der Waals surface area contributed by atoms with Gasteiger partial charge < -0.3 is 14.8 Å². The van der Waals surface area contributed by atoms with Crippen LogP contribution in [-0.4, -0.2) is 46.4 Å². The highest BCUT2D eigenvalue weighted by Crippen LogP contribution is 2.29. The summed E-state index contributed by atoms with van der Waals surface area (Å²) in [5.41, 5.74) is 2.74. The molecule has 0 unspecified atom stereocenters. The van der Waals surface area contributed by atoms with Gasteiger partial charge >= 0.3 is 6.61 Å². The van der Waals surface area contributed by atoms with Gasteiger partial charge in [-0.3, -0.25) is 4.79 Å². The van der Waals surface area contributed by atoms with Crippen molar-refractivity contribution in [2.24, 2.45) is 0 Å². The minimum Gasteiger partial charge on any atom is -0.493 e. The van der Waals surface area contributed by atoms with Crippen molar-refractivity contribution in [3.05, 3.63) is 53.6 Å². The lowest BCUT2D eigenvalue weighted by molar-refractivity contribution is -0.122. The van der Waals surface area contributed by atoms with Gasteiger partial charge in [0, 0.05) is 12.1 Å². The Hall–Kier alpha value is -3.56. The zero-order valence-electron chi connectivity index (χ0n) is 16.5. The molecule has 8 nitrogen and oxygen atoms in total. The molecule has 0 spiro atoms.